The van der Waals surface area contributed by atoms with Gasteiger partial charge < -0.3 is 26.2 Å². The van der Waals surface area contributed by atoms with Crippen molar-refractivity contribution >= 4 is 23.0 Å². The summed E-state index contributed by atoms with van der Waals surface area (Å²) < 4.78 is 0. The highest BCUT2D eigenvalue weighted by molar-refractivity contribution is 6.22. The molecule has 1 aromatic rings. The van der Waals surface area contributed by atoms with Crippen LogP contribution in [0.1, 0.15) is 15.9 Å². The quantitative estimate of drug-likeness (QED) is 0.146. The number of fused-ring (bicyclic) bond motifs is 2. The molecule has 198 valence electrons. The van der Waals surface area contributed by atoms with Crippen LogP contribution in [0.15, 0.2) is 35.9 Å². The summed E-state index contributed by atoms with van der Waals surface area (Å²) in [5.41, 5.74) is -1.34. The number of likely N-dealkylation sites (N-methyl/N-ethyl adjacent to an activating group) is 6. The molecule has 0 aliphatic heterocycles. The van der Waals surface area contributed by atoms with E-state index in [2.05, 4.69) is 42.5 Å². The first-order valence-electron chi connectivity index (χ1n) is 11.8. The zero-order valence-electron chi connectivity index (χ0n) is 21.6. The zero-order valence-corrected chi connectivity index (χ0v) is 21.6. The lowest BCUT2D eigenvalue weighted by atomic mass is 9.70. The summed E-state index contributed by atoms with van der Waals surface area (Å²) in [5.74, 6) is -4.66. The van der Waals surface area contributed by atoms with Crippen LogP contribution < -0.4 is 42.5 Å². The Kier molecular flexibility index (Phi) is 8.33. The highest BCUT2D eigenvalue weighted by Crippen LogP contribution is 2.44. The Morgan fingerprint density at radius 2 is 1.50 bits per heavy atom. The van der Waals surface area contributed by atoms with Crippen molar-refractivity contribution in [1.29, 1.82) is 0 Å². The maximum atomic E-state index is 14.1. The number of allylic oxidation sites excluding steroid dienone is 1. The van der Waals surface area contributed by atoms with E-state index in [1.807, 2.05) is 0 Å². The molecule has 0 spiro atoms. The van der Waals surface area contributed by atoms with Gasteiger partial charge in [-0.2, -0.15) is 0 Å². The summed E-state index contributed by atoms with van der Waals surface area (Å²) in [7, 11) is 10.4. The lowest BCUT2D eigenvalue weighted by molar-refractivity contribution is -0.114. The minimum atomic E-state index is -2.00. The number of aliphatic hydroxyl groups is 2. The van der Waals surface area contributed by atoms with Crippen LogP contribution in [0.3, 0.4) is 0 Å². The summed E-state index contributed by atoms with van der Waals surface area (Å²) in [6.45, 7) is 0.758. The molecule has 0 bridgehead atoms. The molecule has 2 atom stereocenters. The molecule has 2 aliphatic rings. The Bertz CT molecular complexity index is 1060. The molecule has 0 radical (unpaired) electrons. The minimum Gasteiger partial charge on any atom is -0.507 e. The largest absolute Gasteiger partial charge is 0.507 e. The molecular weight excluding hydrogens is 464 g/mol. The Labute approximate surface area is 211 Å². The molecule has 0 heterocycles. The molecule has 0 aromatic heterocycles. The molecule has 2 aliphatic carbocycles. The standard InChI is InChI=1S/C24H38N8O4/c1-25-12-23(27-3,28-4)31-15-9-7-8-14-17(15)21(35)19-18(20(14)34)16(33)10-11-22(19,36)32-24(29-5,30-6)13-26-2/h7-11,19,25-32,34,36H,12-13H2,1-6H3. The van der Waals surface area contributed by atoms with Gasteiger partial charge in [0.15, 0.2) is 23.1 Å². The van der Waals surface area contributed by atoms with Gasteiger partial charge in [0.05, 0.1) is 11.1 Å². The summed E-state index contributed by atoms with van der Waals surface area (Å²) in [5, 5.41) is 48.1. The van der Waals surface area contributed by atoms with E-state index in [4.69, 9.17) is 0 Å². The number of ketones is 2. The van der Waals surface area contributed by atoms with Crippen molar-refractivity contribution in [3.63, 3.8) is 0 Å². The molecule has 0 amide bonds. The SMILES string of the molecule is CNCC(NC)(NC)Nc1cccc2c1C(=O)C1C(=C2O)C(=O)C=CC1(O)NC(CNC)(NC)NC. The van der Waals surface area contributed by atoms with Gasteiger partial charge in [0.2, 0.25) is 0 Å². The first-order chi connectivity index (χ1) is 17.1. The first-order valence-corrected chi connectivity index (χ1v) is 11.8. The van der Waals surface area contributed by atoms with Crippen molar-refractivity contribution in [1.82, 2.24) is 37.2 Å². The third kappa shape index (κ3) is 4.69. The smallest absolute Gasteiger partial charge is 0.186 e. The number of carbonyl (C=O) groups is 2. The zero-order chi connectivity index (χ0) is 26.7. The maximum absolute atomic E-state index is 14.1. The van der Waals surface area contributed by atoms with Crippen molar-refractivity contribution in [2.24, 2.45) is 5.92 Å². The summed E-state index contributed by atoms with van der Waals surface area (Å²) in [4.78, 5) is 27.1. The number of hydrogen-bond acceptors (Lipinski definition) is 12. The Hall–Kier alpha value is -2.68. The number of rotatable bonds is 12. The Morgan fingerprint density at radius 1 is 0.917 bits per heavy atom. The van der Waals surface area contributed by atoms with Crippen LogP contribution >= 0.6 is 0 Å². The highest BCUT2D eigenvalue weighted by Gasteiger charge is 2.54. The molecular formula is C24H38N8O4. The topological polar surface area (TPSA) is 171 Å². The fourth-order valence-corrected chi connectivity index (χ4v) is 4.90. The molecule has 12 nitrogen and oxygen atoms in total. The molecule has 0 fully saturated rings. The number of Topliss-reactive ketones (excluding diaryl/α,β-unsaturated/α-hetero) is 1. The lowest BCUT2D eigenvalue weighted by Crippen LogP contribution is -2.76. The number of carbonyl (C=O) groups excluding carboxylic acids is 2. The second kappa shape index (κ2) is 10.7. The lowest BCUT2D eigenvalue weighted by Gasteiger charge is -2.46. The van der Waals surface area contributed by atoms with E-state index < -0.39 is 34.8 Å². The number of anilines is 1. The van der Waals surface area contributed by atoms with Crippen LogP contribution in [0.2, 0.25) is 0 Å². The average Bonchev–Trinajstić information content (AvgIpc) is 2.88. The van der Waals surface area contributed by atoms with Crippen molar-refractivity contribution in [3.05, 3.63) is 47.1 Å². The van der Waals surface area contributed by atoms with E-state index in [1.165, 1.54) is 12.2 Å². The average molecular weight is 503 g/mol. The van der Waals surface area contributed by atoms with Crippen molar-refractivity contribution < 1.29 is 19.8 Å². The molecule has 0 saturated carbocycles. The second-order valence-corrected chi connectivity index (χ2v) is 8.93. The van der Waals surface area contributed by atoms with Gasteiger partial charge in [0.1, 0.15) is 17.5 Å². The molecule has 0 saturated heterocycles. The summed E-state index contributed by atoms with van der Waals surface area (Å²) >= 11 is 0. The van der Waals surface area contributed by atoms with Crippen molar-refractivity contribution in [2.75, 3.05) is 60.7 Å². The molecule has 1 aromatic carbocycles. The van der Waals surface area contributed by atoms with Gasteiger partial charge in [-0.3, -0.25) is 36.2 Å². The van der Waals surface area contributed by atoms with Crippen LogP contribution in [0, 0.1) is 5.92 Å². The van der Waals surface area contributed by atoms with Gasteiger partial charge in [0.25, 0.3) is 0 Å². The van der Waals surface area contributed by atoms with Crippen LogP contribution in [0.4, 0.5) is 5.69 Å². The molecule has 10 N–H and O–H groups in total. The van der Waals surface area contributed by atoms with E-state index in [1.54, 1.807) is 60.5 Å². The Morgan fingerprint density at radius 3 is 2.06 bits per heavy atom. The fraction of sp³-hybridized carbons (Fsp3) is 0.500. The molecule has 12 heteroatoms. The fourth-order valence-electron chi connectivity index (χ4n) is 4.90. The second-order valence-electron chi connectivity index (χ2n) is 8.93. The number of aliphatic hydroxyl groups excluding tert-OH is 1. The Balaban J connectivity index is 2.18. The van der Waals surface area contributed by atoms with Crippen LogP contribution in [0.25, 0.3) is 5.76 Å². The van der Waals surface area contributed by atoms with E-state index >= 15 is 0 Å². The van der Waals surface area contributed by atoms with Crippen LogP contribution in [-0.2, 0) is 4.79 Å². The van der Waals surface area contributed by atoms with Gasteiger partial charge in [-0.05, 0) is 60.5 Å². The van der Waals surface area contributed by atoms with E-state index in [0.717, 1.165) is 0 Å². The van der Waals surface area contributed by atoms with Gasteiger partial charge in [-0.15, -0.1) is 0 Å². The monoisotopic (exact) mass is 502 g/mol. The van der Waals surface area contributed by atoms with Gasteiger partial charge in [0, 0.05) is 24.3 Å². The third-order valence-corrected chi connectivity index (χ3v) is 6.92. The van der Waals surface area contributed by atoms with E-state index in [9.17, 15) is 19.8 Å². The minimum absolute atomic E-state index is 0.156. The first kappa shape index (κ1) is 27.9. The molecule has 2 unspecified atom stereocenters. The molecule has 36 heavy (non-hydrogen) atoms. The van der Waals surface area contributed by atoms with Crippen molar-refractivity contribution in [3.8, 4) is 0 Å². The predicted octanol–water partition coefficient (Wildman–Crippen LogP) is -1.78. The van der Waals surface area contributed by atoms with Gasteiger partial charge in [-0.25, -0.2) is 0 Å². The molecule has 3 rings (SSSR count). The number of nitrogens with one attached hydrogen (secondary N) is 8. The summed E-state index contributed by atoms with van der Waals surface area (Å²) in [6, 6.07) is 4.99. The number of benzene rings is 1. The predicted molar refractivity (Wildman–Crippen MR) is 139 cm³/mol. The van der Waals surface area contributed by atoms with Crippen LogP contribution in [-0.4, -0.2) is 94.5 Å². The van der Waals surface area contributed by atoms with Crippen LogP contribution in [0.5, 0.6) is 0 Å². The van der Waals surface area contributed by atoms with Gasteiger partial charge in [-0.1, -0.05) is 12.1 Å². The highest BCUT2D eigenvalue weighted by atomic mass is 16.3. The number of hydrogen-bond donors (Lipinski definition) is 10. The normalized spacial score (nSPS) is 22.0. The van der Waals surface area contributed by atoms with Crippen molar-refractivity contribution in [2.45, 2.75) is 17.3 Å². The maximum Gasteiger partial charge on any atom is 0.186 e. The van der Waals surface area contributed by atoms with Gasteiger partial charge >= 0.3 is 0 Å². The third-order valence-electron chi connectivity index (χ3n) is 6.92. The van der Waals surface area contributed by atoms with E-state index in [-0.39, 0.29) is 22.5 Å². The van der Waals surface area contributed by atoms with E-state index in [0.29, 0.717) is 18.8 Å². The summed E-state index contributed by atoms with van der Waals surface area (Å²) in [6.07, 6.45) is 2.44.